The monoisotopic (exact) mass is 266 g/mol. The van der Waals surface area contributed by atoms with Crippen LogP contribution in [-0.2, 0) is 10.0 Å². The van der Waals surface area contributed by atoms with Crippen LogP contribution in [0.4, 0.5) is 0 Å². The Bertz CT molecular complexity index is 277. The fourth-order valence-corrected chi connectivity index (χ4v) is 2.84. The third kappa shape index (κ3) is 7.49. The highest BCUT2D eigenvalue weighted by Gasteiger charge is 2.20. The van der Waals surface area contributed by atoms with Crippen molar-refractivity contribution in [2.75, 3.05) is 30.9 Å². The smallest absolute Gasteiger partial charge is 0.212 e. The van der Waals surface area contributed by atoms with Crippen LogP contribution in [0.1, 0.15) is 25.7 Å². The van der Waals surface area contributed by atoms with Crippen LogP contribution in [0.2, 0.25) is 0 Å². The predicted octanol–water partition coefficient (Wildman–Crippen LogP) is 0.801. The predicted molar refractivity (Wildman–Crippen MR) is 70.4 cm³/mol. The summed E-state index contributed by atoms with van der Waals surface area (Å²) in [7, 11) is -3.06. The lowest BCUT2D eigenvalue weighted by molar-refractivity contribution is 0.573. The van der Waals surface area contributed by atoms with E-state index < -0.39 is 10.0 Å². The number of thioether (sulfide) groups is 1. The van der Waals surface area contributed by atoms with Crippen LogP contribution in [0.3, 0.4) is 0 Å². The van der Waals surface area contributed by atoms with Gasteiger partial charge in [-0.25, -0.2) is 13.1 Å². The van der Waals surface area contributed by atoms with Gasteiger partial charge in [0.2, 0.25) is 10.0 Å². The van der Waals surface area contributed by atoms with Gasteiger partial charge in [-0.2, -0.15) is 11.8 Å². The third-order valence-electron chi connectivity index (χ3n) is 2.48. The number of nitrogens with one attached hydrogen (secondary N) is 2. The summed E-state index contributed by atoms with van der Waals surface area (Å²) >= 11 is 1.80. The first-order chi connectivity index (χ1) is 7.64. The lowest BCUT2D eigenvalue weighted by atomic mass is 10.3. The Morgan fingerprint density at radius 2 is 2.00 bits per heavy atom. The van der Waals surface area contributed by atoms with Gasteiger partial charge in [-0.3, -0.25) is 0 Å². The Morgan fingerprint density at radius 3 is 2.62 bits per heavy atom. The van der Waals surface area contributed by atoms with Crippen molar-refractivity contribution >= 4 is 21.8 Å². The van der Waals surface area contributed by atoms with Crippen LogP contribution in [0.15, 0.2) is 0 Å². The molecule has 0 atom stereocenters. The van der Waals surface area contributed by atoms with Crippen molar-refractivity contribution in [3.63, 3.8) is 0 Å². The van der Waals surface area contributed by atoms with Gasteiger partial charge in [0.1, 0.15) is 0 Å². The summed E-state index contributed by atoms with van der Waals surface area (Å²) in [6.45, 7) is 1.15. The van der Waals surface area contributed by atoms with E-state index in [9.17, 15) is 8.42 Å². The van der Waals surface area contributed by atoms with Crippen molar-refractivity contribution in [3.05, 3.63) is 0 Å². The Labute approximate surface area is 103 Å². The molecular weight excluding hydrogens is 244 g/mol. The molecule has 0 aromatic heterocycles. The minimum absolute atomic E-state index is 0.200. The van der Waals surface area contributed by atoms with Crippen LogP contribution in [0, 0.1) is 0 Å². The number of sulfonamides is 1. The normalized spacial score (nSPS) is 16.6. The van der Waals surface area contributed by atoms with Crippen molar-refractivity contribution in [3.8, 4) is 0 Å². The van der Waals surface area contributed by atoms with Gasteiger partial charge in [-0.05, 0) is 37.7 Å². The molecule has 1 aliphatic carbocycles. The van der Waals surface area contributed by atoms with Gasteiger partial charge in [0, 0.05) is 19.1 Å². The first kappa shape index (κ1) is 14.3. The lowest BCUT2D eigenvalue weighted by Gasteiger charge is -2.06. The van der Waals surface area contributed by atoms with Gasteiger partial charge < -0.3 is 5.32 Å². The van der Waals surface area contributed by atoms with Crippen LogP contribution in [0.25, 0.3) is 0 Å². The maximum atomic E-state index is 11.5. The highest BCUT2D eigenvalue weighted by Crippen LogP contribution is 2.17. The number of hydrogen-bond donors (Lipinski definition) is 2. The van der Waals surface area contributed by atoms with Crippen molar-refractivity contribution in [2.45, 2.75) is 31.7 Å². The summed E-state index contributed by atoms with van der Waals surface area (Å²) in [6, 6.07) is 0.580. The van der Waals surface area contributed by atoms with Crippen LogP contribution < -0.4 is 10.0 Å². The molecule has 0 spiro atoms. The fourth-order valence-electron chi connectivity index (χ4n) is 1.36. The van der Waals surface area contributed by atoms with Gasteiger partial charge >= 0.3 is 0 Å². The molecular formula is C10H22N2O2S2. The molecule has 0 radical (unpaired) electrons. The largest absolute Gasteiger partial charge is 0.313 e. The van der Waals surface area contributed by atoms with E-state index in [2.05, 4.69) is 16.3 Å². The first-order valence-electron chi connectivity index (χ1n) is 5.84. The van der Waals surface area contributed by atoms with Crippen molar-refractivity contribution < 1.29 is 8.42 Å². The van der Waals surface area contributed by atoms with Crippen LogP contribution >= 0.6 is 11.8 Å². The molecule has 16 heavy (non-hydrogen) atoms. The van der Waals surface area contributed by atoms with E-state index in [1.165, 1.54) is 12.8 Å². The zero-order chi connectivity index (χ0) is 11.9. The molecule has 2 N–H and O–H groups in total. The van der Waals surface area contributed by atoms with E-state index >= 15 is 0 Å². The standard InChI is InChI=1S/C10H22N2O2S2/c1-15-8-3-2-6-12-16(13,14)9-7-11-10-4-5-10/h10-12H,2-9H2,1H3. The molecule has 1 aliphatic rings. The van der Waals surface area contributed by atoms with Gasteiger partial charge in [0.05, 0.1) is 5.75 Å². The second-order valence-corrected chi connectivity index (χ2v) is 7.05. The van der Waals surface area contributed by atoms with Crippen LogP contribution in [-0.4, -0.2) is 45.3 Å². The van der Waals surface area contributed by atoms with Crippen molar-refractivity contribution in [1.29, 1.82) is 0 Å². The highest BCUT2D eigenvalue weighted by atomic mass is 32.2. The quantitative estimate of drug-likeness (QED) is 0.574. The Hall–Kier alpha value is 0.220. The van der Waals surface area contributed by atoms with E-state index in [1.807, 2.05) is 0 Å². The fraction of sp³-hybridized carbons (Fsp3) is 1.00. The van der Waals surface area contributed by atoms with Crippen molar-refractivity contribution in [1.82, 2.24) is 10.0 Å². The van der Waals surface area contributed by atoms with Crippen molar-refractivity contribution in [2.24, 2.45) is 0 Å². The van der Waals surface area contributed by atoms with Gasteiger partial charge in [0.25, 0.3) is 0 Å². The first-order valence-corrected chi connectivity index (χ1v) is 8.88. The van der Waals surface area contributed by atoms with Gasteiger partial charge in [0.15, 0.2) is 0 Å². The molecule has 1 rings (SSSR count). The second kappa shape index (κ2) is 7.53. The minimum Gasteiger partial charge on any atom is -0.313 e. The average Bonchev–Trinajstić information content (AvgIpc) is 3.01. The average molecular weight is 266 g/mol. The van der Waals surface area contributed by atoms with E-state index in [-0.39, 0.29) is 5.75 Å². The zero-order valence-corrected chi connectivity index (χ0v) is 11.5. The maximum Gasteiger partial charge on any atom is 0.212 e. The molecule has 0 heterocycles. The topological polar surface area (TPSA) is 58.2 Å². The SMILES string of the molecule is CSCCCCNS(=O)(=O)CCNC1CC1. The van der Waals surface area contributed by atoms with E-state index in [4.69, 9.17) is 0 Å². The van der Waals surface area contributed by atoms with Gasteiger partial charge in [-0.15, -0.1) is 0 Å². The maximum absolute atomic E-state index is 11.5. The molecule has 0 unspecified atom stereocenters. The summed E-state index contributed by atoms with van der Waals surface area (Å²) in [4.78, 5) is 0. The molecule has 6 heteroatoms. The molecule has 0 saturated heterocycles. The Kier molecular flexibility index (Phi) is 6.72. The summed E-state index contributed by atoms with van der Waals surface area (Å²) in [6.07, 6.45) is 6.46. The number of rotatable bonds is 10. The highest BCUT2D eigenvalue weighted by molar-refractivity contribution is 7.98. The minimum atomic E-state index is -3.06. The Balaban J connectivity index is 1.98. The van der Waals surface area contributed by atoms with E-state index in [0.717, 1.165) is 18.6 Å². The Morgan fingerprint density at radius 1 is 1.25 bits per heavy atom. The third-order valence-corrected chi connectivity index (χ3v) is 4.56. The zero-order valence-electron chi connectivity index (χ0n) is 9.87. The number of unbranched alkanes of at least 4 members (excludes halogenated alkanes) is 1. The lowest BCUT2D eigenvalue weighted by Crippen LogP contribution is -2.33. The van der Waals surface area contributed by atoms with Gasteiger partial charge in [-0.1, -0.05) is 0 Å². The molecule has 0 aromatic rings. The molecule has 1 saturated carbocycles. The summed E-state index contributed by atoms with van der Waals surface area (Å²) in [5.41, 5.74) is 0. The molecule has 0 bridgehead atoms. The van der Waals surface area contributed by atoms with E-state index in [1.54, 1.807) is 11.8 Å². The molecule has 1 fully saturated rings. The molecule has 0 aliphatic heterocycles. The number of hydrogen-bond acceptors (Lipinski definition) is 4. The molecule has 0 aromatic carbocycles. The second-order valence-electron chi connectivity index (χ2n) is 4.14. The summed E-state index contributed by atoms with van der Waals surface area (Å²) in [5, 5.41) is 3.20. The van der Waals surface area contributed by atoms with Crippen LogP contribution in [0.5, 0.6) is 0 Å². The summed E-state index contributed by atoms with van der Waals surface area (Å²) in [5.74, 6) is 1.30. The van der Waals surface area contributed by atoms with E-state index in [0.29, 0.717) is 19.1 Å². The molecule has 96 valence electrons. The summed E-state index contributed by atoms with van der Waals surface area (Å²) < 4.78 is 25.7. The molecule has 4 nitrogen and oxygen atoms in total. The molecule has 0 amide bonds.